The lowest BCUT2D eigenvalue weighted by Gasteiger charge is -2.06. The molecule has 0 unspecified atom stereocenters. The highest BCUT2D eigenvalue weighted by atomic mass is 32.1. The van der Waals surface area contributed by atoms with E-state index in [-0.39, 0.29) is 5.78 Å². The van der Waals surface area contributed by atoms with Gasteiger partial charge in [-0.15, -0.1) is 11.3 Å². The van der Waals surface area contributed by atoms with Crippen LogP contribution in [0.15, 0.2) is 29.6 Å². The average Bonchev–Trinajstić information content (AvgIpc) is 2.87. The lowest BCUT2D eigenvalue weighted by molar-refractivity contribution is 0.101. The van der Waals surface area contributed by atoms with Crippen molar-refractivity contribution in [2.45, 2.75) is 6.92 Å². The third-order valence-electron chi connectivity index (χ3n) is 2.63. The van der Waals surface area contributed by atoms with Gasteiger partial charge in [0.05, 0.1) is 7.11 Å². The predicted molar refractivity (Wildman–Crippen MR) is 71.7 cm³/mol. The summed E-state index contributed by atoms with van der Waals surface area (Å²) in [5.74, 6) is 0.678. The summed E-state index contributed by atoms with van der Waals surface area (Å²) in [5.41, 5.74) is 2.15. The van der Waals surface area contributed by atoms with E-state index in [9.17, 15) is 9.59 Å². The minimum atomic E-state index is 0.0426. The van der Waals surface area contributed by atoms with Gasteiger partial charge in [-0.1, -0.05) is 6.07 Å². The fourth-order valence-electron chi connectivity index (χ4n) is 1.65. The number of rotatable bonds is 4. The summed E-state index contributed by atoms with van der Waals surface area (Å²) in [5, 5.41) is 1.82. The lowest BCUT2D eigenvalue weighted by Crippen LogP contribution is -1.90. The van der Waals surface area contributed by atoms with Gasteiger partial charge in [-0.2, -0.15) is 0 Å². The highest BCUT2D eigenvalue weighted by Gasteiger charge is 2.11. The van der Waals surface area contributed by atoms with Crippen LogP contribution in [-0.4, -0.2) is 19.2 Å². The van der Waals surface area contributed by atoms with Crippen molar-refractivity contribution in [1.29, 1.82) is 0 Å². The molecule has 0 amide bonds. The number of Topliss-reactive ketones (excluding diaryl/α,β-unsaturated/α-hetero) is 1. The monoisotopic (exact) mass is 260 g/mol. The number of ketones is 1. The summed E-state index contributed by atoms with van der Waals surface area (Å²) in [6.07, 6.45) is 0.779. The van der Waals surface area contributed by atoms with Crippen LogP contribution in [-0.2, 0) is 0 Å². The summed E-state index contributed by atoms with van der Waals surface area (Å²) in [6, 6.07) is 7.09. The van der Waals surface area contributed by atoms with Crippen LogP contribution in [0.4, 0.5) is 0 Å². The minimum absolute atomic E-state index is 0.0426. The topological polar surface area (TPSA) is 43.4 Å². The maximum absolute atomic E-state index is 11.3. The van der Waals surface area contributed by atoms with Gasteiger partial charge in [0.2, 0.25) is 0 Å². The van der Waals surface area contributed by atoms with E-state index >= 15 is 0 Å². The minimum Gasteiger partial charge on any atom is -0.496 e. The molecule has 2 rings (SSSR count). The quantitative estimate of drug-likeness (QED) is 0.624. The number of carbonyl (C=O) groups is 2. The first-order valence-electron chi connectivity index (χ1n) is 5.38. The van der Waals surface area contributed by atoms with Crippen LogP contribution in [0.3, 0.4) is 0 Å². The molecule has 3 nitrogen and oxygen atoms in total. The fourth-order valence-corrected chi connectivity index (χ4v) is 2.63. The molecule has 0 aliphatic carbocycles. The Hall–Kier alpha value is -1.94. The van der Waals surface area contributed by atoms with Gasteiger partial charge >= 0.3 is 0 Å². The Bertz CT molecular complexity index is 599. The van der Waals surface area contributed by atoms with E-state index in [0.717, 1.165) is 16.7 Å². The zero-order valence-corrected chi connectivity index (χ0v) is 10.9. The van der Waals surface area contributed by atoms with Crippen molar-refractivity contribution in [3.63, 3.8) is 0 Å². The SMILES string of the molecule is COc1cc(C=O)ccc1-c1cc(C(C)=O)cs1. The van der Waals surface area contributed by atoms with Crippen LogP contribution in [0.25, 0.3) is 10.4 Å². The molecule has 0 bridgehead atoms. The molecule has 0 N–H and O–H groups in total. The molecule has 2 aromatic rings. The van der Waals surface area contributed by atoms with Crippen molar-refractivity contribution in [3.8, 4) is 16.2 Å². The van der Waals surface area contributed by atoms with E-state index in [0.29, 0.717) is 16.9 Å². The fraction of sp³-hybridized carbons (Fsp3) is 0.143. The van der Waals surface area contributed by atoms with Gasteiger partial charge in [-0.25, -0.2) is 0 Å². The highest BCUT2D eigenvalue weighted by Crippen LogP contribution is 2.35. The molecule has 92 valence electrons. The molecule has 1 heterocycles. The Morgan fingerprint density at radius 3 is 2.67 bits per heavy atom. The van der Waals surface area contributed by atoms with Gasteiger partial charge in [0.1, 0.15) is 12.0 Å². The van der Waals surface area contributed by atoms with Gasteiger partial charge in [-0.05, 0) is 25.1 Å². The Morgan fingerprint density at radius 2 is 2.11 bits per heavy atom. The molecular weight excluding hydrogens is 248 g/mol. The number of methoxy groups -OCH3 is 1. The average molecular weight is 260 g/mol. The van der Waals surface area contributed by atoms with Crippen LogP contribution < -0.4 is 4.74 Å². The van der Waals surface area contributed by atoms with Crippen LogP contribution >= 0.6 is 11.3 Å². The zero-order chi connectivity index (χ0) is 13.1. The second-order valence-corrected chi connectivity index (χ2v) is 4.74. The Morgan fingerprint density at radius 1 is 1.33 bits per heavy atom. The number of carbonyl (C=O) groups excluding carboxylic acids is 2. The van der Waals surface area contributed by atoms with E-state index in [1.54, 1.807) is 26.2 Å². The smallest absolute Gasteiger partial charge is 0.160 e. The molecule has 0 saturated heterocycles. The second kappa shape index (κ2) is 5.14. The van der Waals surface area contributed by atoms with Crippen molar-refractivity contribution in [2.24, 2.45) is 0 Å². The highest BCUT2D eigenvalue weighted by molar-refractivity contribution is 7.13. The molecule has 0 saturated carbocycles. The van der Waals surface area contributed by atoms with E-state index in [4.69, 9.17) is 4.74 Å². The van der Waals surface area contributed by atoms with Gasteiger partial charge < -0.3 is 4.74 Å². The molecule has 0 aliphatic heterocycles. The Labute approximate surface area is 109 Å². The maximum atomic E-state index is 11.3. The molecule has 18 heavy (non-hydrogen) atoms. The summed E-state index contributed by atoms with van der Waals surface area (Å²) >= 11 is 1.48. The van der Waals surface area contributed by atoms with Gasteiger partial charge in [0, 0.05) is 26.9 Å². The third-order valence-corrected chi connectivity index (χ3v) is 3.60. The van der Waals surface area contributed by atoms with Gasteiger partial charge in [0.15, 0.2) is 5.78 Å². The number of aldehydes is 1. The Kier molecular flexibility index (Phi) is 3.58. The predicted octanol–water partition coefficient (Wildman–Crippen LogP) is 3.44. The maximum Gasteiger partial charge on any atom is 0.160 e. The first-order chi connectivity index (χ1) is 8.65. The Balaban J connectivity index is 2.48. The number of benzene rings is 1. The van der Waals surface area contributed by atoms with Crippen LogP contribution in [0, 0.1) is 0 Å². The third kappa shape index (κ3) is 2.33. The molecule has 1 aromatic carbocycles. The van der Waals surface area contributed by atoms with E-state index in [2.05, 4.69) is 0 Å². The van der Waals surface area contributed by atoms with E-state index < -0.39 is 0 Å². The summed E-state index contributed by atoms with van der Waals surface area (Å²) in [6.45, 7) is 1.54. The zero-order valence-electron chi connectivity index (χ0n) is 10.1. The molecule has 0 radical (unpaired) electrons. The normalized spacial score (nSPS) is 10.1. The van der Waals surface area contributed by atoms with Crippen LogP contribution in [0.5, 0.6) is 5.75 Å². The molecule has 0 fully saturated rings. The number of ether oxygens (including phenoxy) is 1. The van der Waals surface area contributed by atoms with Crippen LogP contribution in [0.1, 0.15) is 27.6 Å². The summed E-state index contributed by atoms with van der Waals surface area (Å²) < 4.78 is 5.27. The largest absolute Gasteiger partial charge is 0.496 e. The molecule has 4 heteroatoms. The van der Waals surface area contributed by atoms with Crippen molar-refractivity contribution >= 4 is 23.4 Å². The van der Waals surface area contributed by atoms with Gasteiger partial charge in [0.25, 0.3) is 0 Å². The van der Waals surface area contributed by atoms with E-state index in [1.807, 2.05) is 17.5 Å². The van der Waals surface area contributed by atoms with Crippen molar-refractivity contribution < 1.29 is 14.3 Å². The first-order valence-corrected chi connectivity index (χ1v) is 6.26. The number of thiophene rings is 1. The number of hydrogen-bond donors (Lipinski definition) is 0. The van der Waals surface area contributed by atoms with Crippen LogP contribution in [0.2, 0.25) is 0 Å². The number of hydrogen-bond acceptors (Lipinski definition) is 4. The van der Waals surface area contributed by atoms with Crippen molar-refractivity contribution in [2.75, 3.05) is 7.11 Å². The molecule has 0 aliphatic rings. The molecular formula is C14H12O3S. The van der Waals surface area contributed by atoms with Crippen molar-refractivity contribution in [1.82, 2.24) is 0 Å². The lowest BCUT2D eigenvalue weighted by atomic mass is 10.1. The summed E-state index contributed by atoms with van der Waals surface area (Å²) in [4.78, 5) is 22.9. The molecule has 0 spiro atoms. The van der Waals surface area contributed by atoms with E-state index in [1.165, 1.54) is 11.3 Å². The molecule has 1 aromatic heterocycles. The summed E-state index contributed by atoms with van der Waals surface area (Å²) in [7, 11) is 1.56. The van der Waals surface area contributed by atoms with Gasteiger partial charge in [-0.3, -0.25) is 9.59 Å². The second-order valence-electron chi connectivity index (χ2n) is 3.83. The van der Waals surface area contributed by atoms with Crippen molar-refractivity contribution in [3.05, 3.63) is 40.8 Å². The molecule has 0 atom stereocenters. The first kappa shape index (κ1) is 12.5. The standard InChI is InChI=1S/C14H12O3S/c1-9(16)11-6-14(18-8-11)12-4-3-10(7-15)5-13(12)17-2/h3-8H,1-2H3.